The highest BCUT2D eigenvalue weighted by molar-refractivity contribution is 5.93. The maximum atomic E-state index is 12.4. The van der Waals surface area contributed by atoms with Gasteiger partial charge in [0.15, 0.2) is 5.82 Å². The Kier molecular flexibility index (Phi) is 7.00. The molecule has 0 unspecified atom stereocenters. The Labute approximate surface area is 188 Å². The molecule has 2 aromatic heterocycles. The van der Waals surface area contributed by atoms with Gasteiger partial charge >= 0.3 is 6.18 Å². The lowest BCUT2D eigenvalue weighted by atomic mass is 10.0. The van der Waals surface area contributed by atoms with Crippen LogP contribution in [0.3, 0.4) is 0 Å². The highest BCUT2D eigenvalue weighted by atomic mass is 19.4. The van der Waals surface area contributed by atoms with Gasteiger partial charge in [0.2, 0.25) is 5.91 Å². The fourth-order valence-corrected chi connectivity index (χ4v) is 2.87. The van der Waals surface area contributed by atoms with Crippen molar-refractivity contribution in [2.75, 3.05) is 11.9 Å². The number of aromatic amines is 1. The van der Waals surface area contributed by atoms with E-state index in [1.54, 1.807) is 12.3 Å². The molecular formula is C22H23F3N6O2. The van der Waals surface area contributed by atoms with Crippen LogP contribution in [0, 0.1) is 0 Å². The minimum absolute atomic E-state index is 0.239. The van der Waals surface area contributed by atoms with E-state index >= 15 is 0 Å². The summed E-state index contributed by atoms with van der Waals surface area (Å²) in [4.78, 5) is 35.9. The Bertz CT molecular complexity index is 1110. The number of halogens is 3. The molecule has 4 N–H and O–H groups in total. The first-order valence-electron chi connectivity index (χ1n) is 10.0. The molecule has 174 valence electrons. The van der Waals surface area contributed by atoms with Gasteiger partial charge in [0.1, 0.15) is 23.6 Å². The van der Waals surface area contributed by atoms with Crippen LogP contribution >= 0.6 is 0 Å². The average Bonchev–Trinajstić information content (AvgIpc) is 3.26. The van der Waals surface area contributed by atoms with Gasteiger partial charge in [0, 0.05) is 24.5 Å². The van der Waals surface area contributed by atoms with Crippen molar-refractivity contribution < 1.29 is 22.8 Å². The van der Waals surface area contributed by atoms with E-state index in [1.165, 1.54) is 26.1 Å². The van der Waals surface area contributed by atoms with Crippen LogP contribution in [0.2, 0.25) is 0 Å². The summed E-state index contributed by atoms with van der Waals surface area (Å²) in [5, 5.41) is 7.47. The number of carbonyl (C=O) groups is 2. The number of hydrogen-bond donors (Lipinski definition) is 4. The molecule has 0 radical (unpaired) electrons. The fraction of sp³-hybridized carbons (Fsp3) is 0.273. The Morgan fingerprint density at radius 2 is 1.79 bits per heavy atom. The second-order valence-corrected chi connectivity index (χ2v) is 7.78. The van der Waals surface area contributed by atoms with Crippen LogP contribution in [-0.4, -0.2) is 45.0 Å². The zero-order chi connectivity index (χ0) is 24.1. The number of H-pyrrole nitrogens is 1. The Morgan fingerprint density at radius 1 is 1.06 bits per heavy atom. The predicted molar refractivity (Wildman–Crippen MR) is 116 cm³/mol. The van der Waals surface area contributed by atoms with Gasteiger partial charge in [-0.05, 0) is 31.5 Å². The highest BCUT2D eigenvalue weighted by Gasteiger charge is 2.33. The zero-order valence-electron chi connectivity index (χ0n) is 18.0. The SMILES string of the molecule is CC(C)(Nc1ccnc(-c2c[nH]c(C(=O)NCc3ccccc3)c2)n1)C(=O)NCC(F)(F)F. The molecule has 11 heteroatoms. The van der Waals surface area contributed by atoms with Crippen molar-refractivity contribution >= 4 is 17.6 Å². The summed E-state index contributed by atoms with van der Waals surface area (Å²) in [5.74, 6) is -0.630. The van der Waals surface area contributed by atoms with Gasteiger partial charge in [-0.2, -0.15) is 13.2 Å². The first kappa shape index (κ1) is 23.8. The molecule has 0 spiro atoms. The van der Waals surface area contributed by atoms with E-state index < -0.39 is 24.2 Å². The number of aromatic nitrogens is 3. The topological polar surface area (TPSA) is 112 Å². The van der Waals surface area contributed by atoms with E-state index in [-0.39, 0.29) is 17.5 Å². The average molecular weight is 460 g/mol. The summed E-state index contributed by atoms with van der Waals surface area (Å²) >= 11 is 0. The number of rotatable bonds is 8. The third kappa shape index (κ3) is 6.79. The summed E-state index contributed by atoms with van der Waals surface area (Å²) < 4.78 is 37.1. The maximum absolute atomic E-state index is 12.4. The second kappa shape index (κ2) is 9.72. The van der Waals surface area contributed by atoms with Crippen molar-refractivity contribution in [3.05, 3.63) is 66.1 Å². The quantitative estimate of drug-likeness (QED) is 0.412. The molecule has 0 aliphatic carbocycles. The maximum Gasteiger partial charge on any atom is 0.405 e. The number of hydrogen-bond acceptors (Lipinski definition) is 5. The van der Waals surface area contributed by atoms with Crippen molar-refractivity contribution in [3.63, 3.8) is 0 Å². The van der Waals surface area contributed by atoms with Gasteiger partial charge in [-0.1, -0.05) is 30.3 Å². The Balaban J connectivity index is 1.65. The van der Waals surface area contributed by atoms with Gasteiger partial charge in [0.25, 0.3) is 5.91 Å². The van der Waals surface area contributed by atoms with Crippen LogP contribution < -0.4 is 16.0 Å². The summed E-state index contributed by atoms with van der Waals surface area (Å²) in [5.41, 5.74) is 0.441. The van der Waals surface area contributed by atoms with Crippen molar-refractivity contribution in [1.82, 2.24) is 25.6 Å². The number of alkyl halides is 3. The second-order valence-electron chi connectivity index (χ2n) is 7.78. The molecule has 2 heterocycles. The molecule has 3 aromatic rings. The number of amides is 2. The van der Waals surface area contributed by atoms with Gasteiger partial charge < -0.3 is 20.9 Å². The number of nitrogens with zero attached hydrogens (tertiary/aromatic N) is 2. The lowest BCUT2D eigenvalue weighted by Gasteiger charge is -2.26. The number of carbonyl (C=O) groups excluding carboxylic acids is 2. The van der Waals surface area contributed by atoms with Gasteiger partial charge in [-0.25, -0.2) is 9.97 Å². The minimum Gasteiger partial charge on any atom is -0.356 e. The van der Waals surface area contributed by atoms with Crippen LogP contribution in [-0.2, 0) is 11.3 Å². The molecule has 2 amide bonds. The summed E-state index contributed by atoms with van der Waals surface area (Å²) in [7, 11) is 0. The molecule has 3 rings (SSSR count). The molecule has 8 nitrogen and oxygen atoms in total. The lowest BCUT2D eigenvalue weighted by Crippen LogP contribution is -2.50. The van der Waals surface area contributed by atoms with Crippen LogP contribution in [0.4, 0.5) is 19.0 Å². The summed E-state index contributed by atoms with van der Waals surface area (Å²) in [6.45, 7) is 1.82. The van der Waals surface area contributed by atoms with Gasteiger partial charge in [-0.15, -0.1) is 0 Å². The smallest absolute Gasteiger partial charge is 0.356 e. The van der Waals surface area contributed by atoms with E-state index in [9.17, 15) is 22.8 Å². The van der Waals surface area contributed by atoms with E-state index in [1.807, 2.05) is 35.6 Å². The third-order valence-electron chi connectivity index (χ3n) is 4.59. The molecule has 0 saturated carbocycles. The zero-order valence-corrected chi connectivity index (χ0v) is 18.0. The van der Waals surface area contributed by atoms with E-state index in [4.69, 9.17) is 0 Å². The van der Waals surface area contributed by atoms with Crippen molar-refractivity contribution in [1.29, 1.82) is 0 Å². The highest BCUT2D eigenvalue weighted by Crippen LogP contribution is 2.20. The van der Waals surface area contributed by atoms with Crippen LogP contribution in [0.25, 0.3) is 11.4 Å². The van der Waals surface area contributed by atoms with Gasteiger partial charge in [-0.3, -0.25) is 9.59 Å². The predicted octanol–water partition coefficient (Wildman–Crippen LogP) is 3.27. The number of nitrogens with one attached hydrogen (secondary N) is 4. The Hall–Kier alpha value is -3.89. The Morgan fingerprint density at radius 3 is 2.48 bits per heavy atom. The summed E-state index contributed by atoms with van der Waals surface area (Å²) in [6.07, 6.45) is -1.50. The first-order valence-corrected chi connectivity index (χ1v) is 10.0. The van der Waals surface area contributed by atoms with Gasteiger partial charge in [0.05, 0.1) is 0 Å². The number of benzene rings is 1. The monoisotopic (exact) mass is 460 g/mol. The van der Waals surface area contributed by atoms with E-state index in [0.29, 0.717) is 17.8 Å². The normalized spacial score (nSPS) is 11.7. The standard InChI is InChI=1S/C22H23F3N6O2/c1-21(2,20(33)29-13-22(23,24)25)31-17-8-9-26-18(30-17)15-10-16(27-12-15)19(32)28-11-14-6-4-3-5-7-14/h3-10,12,27H,11,13H2,1-2H3,(H,28,32)(H,29,33)(H,26,30,31). The molecule has 0 aliphatic rings. The summed E-state index contributed by atoms with van der Waals surface area (Å²) in [6, 6.07) is 12.5. The first-order chi connectivity index (χ1) is 15.5. The third-order valence-corrected chi connectivity index (χ3v) is 4.59. The van der Waals surface area contributed by atoms with E-state index in [2.05, 4.69) is 25.6 Å². The van der Waals surface area contributed by atoms with Crippen molar-refractivity contribution in [3.8, 4) is 11.4 Å². The largest absolute Gasteiger partial charge is 0.405 e. The molecule has 0 saturated heterocycles. The lowest BCUT2D eigenvalue weighted by molar-refractivity contribution is -0.140. The molecule has 0 atom stereocenters. The molecule has 0 aliphatic heterocycles. The van der Waals surface area contributed by atoms with Crippen LogP contribution in [0.5, 0.6) is 0 Å². The molecule has 0 bridgehead atoms. The number of anilines is 1. The van der Waals surface area contributed by atoms with Crippen LogP contribution in [0.15, 0.2) is 54.9 Å². The molecule has 33 heavy (non-hydrogen) atoms. The molecule has 0 fully saturated rings. The molecular weight excluding hydrogens is 437 g/mol. The van der Waals surface area contributed by atoms with Crippen molar-refractivity contribution in [2.45, 2.75) is 32.1 Å². The van der Waals surface area contributed by atoms with E-state index in [0.717, 1.165) is 5.56 Å². The minimum atomic E-state index is -4.51. The fourth-order valence-electron chi connectivity index (χ4n) is 2.87. The van der Waals surface area contributed by atoms with Crippen molar-refractivity contribution in [2.24, 2.45) is 0 Å². The molecule has 1 aromatic carbocycles. The van der Waals surface area contributed by atoms with Crippen LogP contribution in [0.1, 0.15) is 29.9 Å².